The van der Waals surface area contributed by atoms with Crippen molar-refractivity contribution in [1.82, 2.24) is 15.1 Å². The molecule has 0 aliphatic carbocycles. The van der Waals surface area contributed by atoms with E-state index in [4.69, 9.17) is 23.7 Å². The molecule has 3 saturated heterocycles. The first kappa shape index (κ1) is 37.6. The Morgan fingerprint density at radius 3 is 2.27 bits per heavy atom. The van der Waals surface area contributed by atoms with Crippen LogP contribution in [0, 0.1) is 17.8 Å². The van der Waals surface area contributed by atoms with Crippen LogP contribution in [0.1, 0.15) is 81.1 Å². The number of aliphatic hydroxyl groups is 2. The second-order valence-corrected chi connectivity index (χ2v) is 15.0. The molecule has 0 spiro atoms. The highest BCUT2D eigenvalue weighted by molar-refractivity contribution is 5.73. The number of hydrogen-bond acceptors (Lipinski definition) is 11. The van der Waals surface area contributed by atoms with Gasteiger partial charge in [-0.15, -0.1) is 0 Å². The van der Waals surface area contributed by atoms with Gasteiger partial charge in [0.25, 0.3) is 0 Å². The van der Waals surface area contributed by atoms with Gasteiger partial charge in [-0.1, -0.05) is 20.8 Å². The summed E-state index contributed by atoms with van der Waals surface area (Å²) in [4.78, 5) is 17.8. The van der Waals surface area contributed by atoms with Crippen LogP contribution < -0.4 is 5.32 Å². The summed E-state index contributed by atoms with van der Waals surface area (Å²) >= 11 is 0. The SMILES string of the molecule is CC[C@@H](OC(=O)[C@H](C)[C@@H](O)[C@H](C)[C@@H](O[C@H]1C[C@@H](N(C)C)C[C@@H](C)O1)[C@](C)(O)C[C@@H](C)CNC)[C@@]1(C)OC(N(C)C)[C@]2(C)O[C@@H]12. The van der Waals surface area contributed by atoms with Gasteiger partial charge in [0.2, 0.25) is 0 Å². The molecule has 3 aliphatic heterocycles. The predicted octanol–water partition coefficient (Wildman–Crippen LogP) is 2.61. The van der Waals surface area contributed by atoms with Gasteiger partial charge in [-0.3, -0.25) is 9.69 Å². The van der Waals surface area contributed by atoms with Crippen LogP contribution in [0.15, 0.2) is 0 Å². The third kappa shape index (κ3) is 7.97. The van der Waals surface area contributed by atoms with Crippen molar-refractivity contribution in [3.8, 4) is 0 Å². The quantitative estimate of drug-likeness (QED) is 0.172. The Labute approximate surface area is 266 Å². The van der Waals surface area contributed by atoms with E-state index in [9.17, 15) is 15.0 Å². The Bertz CT molecular complexity index is 952. The third-order valence-corrected chi connectivity index (χ3v) is 10.3. The van der Waals surface area contributed by atoms with Crippen molar-refractivity contribution in [2.45, 2.75) is 147 Å². The lowest BCUT2D eigenvalue weighted by atomic mass is 9.78. The molecule has 11 nitrogen and oxygen atoms in total. The van der Waals surface area contributed by atoms with Crippen molar-refractivity contribution in [2.75, 3.05) is 41.8 Å². The minimum Gasteiger partial charge on any atom is -0.459 e. The number of esters is 1. The van der Waals surface area contributed by atoms with E-state index >= 15 is 0 Å². The first-order valence-corrected chi connectivity index (χ1v) is 16.6. The molecule has 3 N–H and O–H groups in total. The fourth-order valence-electron chi connectivity index (χ4n) is 7.83. The molecule has 1 unspecified atom stereocenters. The van der Waals surface area contributed by atoms with Crippen molar-refractivity contribution in [3.05, 3.63) is 0 Å². The summed E-state index contributed by atoms with van der Waals surface area (Å²) in [5.41, 5.74) is -2.58. The first-order valence-electron chi connectivity index (χ1n) is 16.6. The smallest absolute Gasteiger partial charge is 0.311 e. The van der Waals surface area contributed by atoms with E-state index in [1.807, 2.05) is 74.8 Å². The maximum Gasteiger partial charge on any atom is 0.311 e. The van der Waals surface area contributed by atoms with Crippen molar-refractivity contribution >= 4 is 5.97 Å². The maximum atomic E-state index is 13.6. The minimum absolute atomic E-state index is 0.0151. The fourth-order valence-corrected chi connectivity index (χ4v) is 7.83. The molecular weight excluding hydrogens is 566 g/mol. The van der Waals surface area contributed by atoms with E-state index in [-0.39, 0.29) is 30.4 Å². The zero-order valence-electron chi connectivity index (χ0n) is 29.6. The van der Waals surface area contributed by atoms with Gasteiger partial charge in [-0.2, -0.15) is 0 Å². The van der Waals surface area contributed by atoms with Crippen LogP contribution >= 0.6 is 0 Å². The number of nitrogens with one attached hydrogen (secondary N) is 1. The average Bonchev–Trinajstić information content (AvgIpc) is 3.57. The molecule has 0 saturated carbocycles. The van der Waals surface area contributed by atoms with E-state index in [0.717, 1.165) is 13.0 Å². The predicted molar refractivity (Wildman–Crippen MR) is 169 cm³/mol. The average molecular weight is 630 g/mol. The highest BCUT2D eigenvalue weighted by Crippen LogP contribution is 2.57. The Morgan fingerprint density at radius 2 is 1.75 bits per heavy atom. The van der Waals surface area contributed by atoms with Gasteiger partial charge in [0.1, 0.15) is 29.6 Å². The number of rotatable bonds is 16. The van der Waals surface area contributed by atoms with Crippen LogP contribution in [0.25, 0.3) is 0 Å². The second kappa shape index (κ2) is 14.5. The summed E-state index contributed by atoms with van der Waals surface area (Å²) in [6.07, 6.45) is -1.03. The lowest BCUT2D eigenvalue weighted by molar-refractivity contribution is -0.267. The van der Waals surface area contributed by atoms with Gasteiger partial charge in [-0.05, 0) is 102 Å². The third-order valence-electron chi connectivity index (χ3n) is 10.3. The Balaban J connectivity index is 1.78. The summed E-state index contributed by atoms with van der Waals surface area (Å²) < 4.78 is 31.4. The van der Waals surface area contributed by atoms with Crippen LogP contribution in [-0.4, -0.2) is 134 Å². The number of ether oxygens (including phenoxy) is 5. The summed E-state index contributed by atoms with van der Waals surface area (Å²) in [7, 11) is 9.86. The largest absolute Gasteiger partial charge is 0.459 e. The molecule has 0 amide bonds. The number of nitrogens with zero attached hydrogens (tertiary/aromatic N) is 2. The van der Waals surface area contributed by atoms with Crippen molar-refractivity contribution in [3.63, 3.8) is 0 Å². The number of carbonyl (C=O) groups excluding carboxylic acids is 1. The summed E-state index contributed by atoms with van der Waals surface area (Å²) in [6.45, 7) is 16.0. The van der Waals surface area contributed by atoms with Gasteiger partial charge in [-0.25, -0.2) is 0 Å². The number of likely N-dealkylation sites (N-methyl/N-ethyl adjacent to an activating group) is 1. The van der Waals surface area contributed by atoms with Gasteiger partial charge >= 0.3 is 5.97 Å². The monoisotopic (exact) mass is 629 g/mol. The molecule has 3 fully saturated rings. The van der Waals surface area contributed by atoms with Crippen LogP contribution in [-0.2, 0) is 28.5 Å². The molecule has 3 heterocycles. The van der Waals surface area contributed by atoms with Crippen LogP contribution in [0.4, 0.5) is 0 Å². The molecule has 0 radical (unpaired) electrons. The molecule has 11 heteroatoms. The molecule has 14 atom stereocenters. The molecular formula is C33H63N3O8. The molecule has 0 bridgehead atoms. The normalized spacial score (nSPS) is 37.5. The molecule has 0 aromatic rings. The van der Waals surface area contributed by atoms with E-state index in [1.165, 1.54) is 0 Å². The fraction of sp³-hybridized carbons (Fsp3) is 0.970. The molecule has 258 valence electrons. The Hall–Kier alpha value is -0.890. The molecule has 0 aromatic carbocycles. The first-order chi connectivity index (χ1) is 20.3. The van der Waals surface area contributed by atoms with Crippen LogP contribution in [0.3, 0.4) is 0 Å². The number of hydrogen-bond donors (Lipinski definition) is 3. The van der Waals surface area contributed by atoms with Gasteiger partial charge in [0.05, 0.1) is 29.8 Å². The zero-order valence-corrected chi connectivity index (χ0v) is 29.6. The number of epoxide rings is 1. The molecule has 0 aromatic heterocycles. The van der Waals surface area contributed by atoms with Crippen molar-refractivity contribution in [1.29, 1.82) is 0 Å². The second-order valence-electron chi connectivity index (χ2n) is 15.0. The summed E-state index contributed by atoms with van der Waals surface area (Å²) in [5.74, 6) is -1.86. The zero-order chi connectivity index (χ0) is 33.4. The van der Waals surface area contributed by atoms with E-state index in [1.54, 1.807) is 13.8 Å². The van der Waals surface area contributed by atoms with Crippen LogP contribution in [0.5, 0.6) is 0 Å². The molecule has 3 aliphatic rings. The summed E-state index contributed by atoms with van der Waals surface area (Å²) in [5, 5.41) is 26.7. The van der Waals surface area contributed by atoms with Gasteiger partial charge in [0, 0.05) is 18.4 Å². The minimum atomic E-state index is -1.30. The lowest BCUT2D eigenvalue weighted by Gasteiger charge is -2.45. The van der Waals surface area contributed by atoms with Crippen molar-refractivity contribution in [2.24, 2.45) is 17.8 Å². The number of carbonyl (C=O) groups is 1. The summed E-state index contributed by atoms with van der Waals surface area (Å²) in [6, 6.07) is 0.265. The van der Waals surface area contributed by atoms with E-state index < -0.39 is 59.2 Å². The topological polar surface area (TPSA) is 125 Å². The highest BCUT2D eigenvalue weighted by Gasteiger charge is 2.76. The van der Waals surface area contributed by atoms with E-state index in [0.29, 0.717) is 19.3 Å². The molecule has 3 rings (SSSR count). The standard InChI is InChI=1S/C33H63N3O8/c1-14-24(32(7)29-33(8,43-29)30(44-32)36(12)13)41-28(38)22(5)26(37)21(4)27(31(6,39)17-19(2)18-34-9)42-25-16-23(35(10)11)15-20(3)40-25/h19-27,29-30,34,37,39H,14-18H2,1-13H3/t19-,20-,21+,22-,23+,24-,25+,26+,27-,29+,30?,31-,32-,33-/m1/s1. The van der Waals surface area contributed by atoms with Gasteiger partial charge < -0.3 is 44.1 Å². The number of aliphatic hydroxyl groups excluding tert-OH is 1. The Kier molecular flexibility index (Phi) is 12.4. The lowest BCUT2D eigenvalue weighted by Crippen LogP contribution is -2.55. The number of fused-ring (bicyclic) bond motifs is 1. The maximum absolute atomic E-state index is 13.6. The van der Waals surface area contributed by atoms with E-state index in [2.05, 4.69) is 17.1 Å². The highest BCUT2D eigenvalue weighted by atomic mass is 16.7. The van der Waals surface area contributed by atoms with Crippen LogP contribution in [0.2, 0.25) is 0 Å². The van der Waals surface area contributed by atoms with Gasteiger partial charge in [0.15, 0.2) is 6.29 Å². The Morgan fingerprint density at radius 1 is 1.11 bits per heavy atom. The molecule has 44 heavy (non-hydrogen) atoms. The van der Waals surface area contributed by atoms with Crippen molar-refractivity contribution < 1.29 is 38.7 Å².